The minimum absolute atomic E-state index is 0.0968. The average molecular weight is 229 g/mol. The summed E-state index contributed by atoms with van der Waals surface area (Å²) in [4.78, 5) is 14.5. The standard InChI is InChI=1S/C9H11NO2S2/c1-7(6-9(11)12)13-14-8-4-2-3-5-10-8/h2-5,7H,6H2,1H3,(H,11,12)/t7-/m1/s1. The van der Waals surface area contributed by atoms with Crippen LogP contribution in [0.25, 0.3) is 0 Å². The highest BCUT2D eigenvalue weighted by Gasteiger charge is 2.08. The lowest BCUT2D eigenvalue weighted by molar-refractivity contribution is -0.136. The van der Waals surface area contributed by atoms with Gasteiger partial charge in [-0.05, 0) is 22.9 Å². The number of aliphatic carboxylic acids is 1. The van der Waals surface area contributed by atoms with Gasteiger partial charge in [-0.1, -0.05) is 23.8 Å². The molecule has 14 heavy (non-hydrogen) atoms. The van der Waals surface area contributed by atoms with Gasteiger partial charge in [0.25, 0.3) is 0 Å². The second-order valence-electron chi connectivity index (χ2n) is 2.76. The van der Waals surface area contributed by atoms with E-state index in [4.69, 9.17) is 5.11 Å². The second kappa shape index (κ2) is 5.93. The number of carboxylic acid groups (broad SMARTS) is 1. The maximum Gasteiger partial charge on any atom is 0.304 e. The highest BCUT2D eigenvalue weighted by molar-refractivity contribution is 8.76. The molecule has 0 radical (unpaired) electrons. The molecule has 76 valence electrons. The topological polar surface area (TPSA) is 50.2 Å². The van der Waals surface area contributed by atoms with Crippen molar-refractivity contribution < 1.29 is 9.90 Å². The molecule has 1 aromatic rings. The number of carboxylic acids is 1. The van der Waals surface area contributed by atoms with Gasteiger partial charge >= 0.3 is 5.97 Å². The van der Waals surface area contributed by atoms with Gasteiger partial charge in [0, 0.05) is 11.4 Å². The average Bonchev–Trinajstić information content (AvgIpc) is 2.15. The Kier molecular flexibility index (Phi) is 4.82. The van der Waals surface area contributed by atoms with E-state index in [9.17, 15) is 4.79 Å². The molecule has 0 unspecified atom stereocenters. The van der Waals surface area contributed by atoms with Crippen molar-refractivity contribution in [2.24, 2.45) is 0 Å². The monoisotopic (exact) mass is 229 g/mol. The summed E-state index contributed by atoms with van der Waals surface area (Å²) in [6.45, 7) is 1.90. The maximum absolute atomic E-state index is 10.4. The lowest BCUT2D eigenvalue weighted by atomic mass is 10.3. The van der Waals surface area contributed by atoms with E-state index in [2.05, 4.69) is 4.98 Å². The van der Waals surface area contributed by atoms with E-state index in [-0.39, 0.29) is 11.7 Å². The summed E-state index contributed by atoms with van der Waals surface area (Å²) >= 11 is 0. The molecule has 5 heteroatoms. The first-order valence-corrected chi connectivity index (χ1v) is 6.36. The minimum atomic E-state index is -0.758. The van der Waals surface area contributed by atoms with Crippen molar-refractivity contribution in [3.8, 4) is 0 Å². The Morgan fingerprint density at radius 3 is 3.00 bits per heavy atom. The molecule has 0 saturated heterocycles. The molecule has 0 aliphatic heterocycles. The van der Waals surface area contributed by atoms with Crippen LogP contribution in [0, 0.1) is 0 Å². The summed E-state index contributed by atoms with van der Waals surface area (Å²) in [5.41, 5.74) is 0. The van der Waals surface area contributed by atoms with Gasteiger partial charge in [0.15, 0.2) is 0 Å². The smallest absolute Gasteiger partial charge is 0.304 e. The van der Waals surface area contributed by atoms with Crippen LogP contribution in [0.4, 0.5) is 0 Å². The van der Waals surface area contributed by atoms with Gasteiger partial charge in [0.1, 0.15) is 5.03 Å². The van der Waals surface area contributed by atoms with Crippen LogP contribution in [0.3, 0.4) is 0 Å². The van der Waals surface area contributed by atoms with Gasteiger partial charge < -0.3 is 5.11 Å². The first-order valence-electron chi connectivity index (χ1n) is 4.14. The Morgan fingerprint density at radius 2 is 2.43 bits per heavy atom. The molecule has 0 bridgehead atoms. The van der Waals surface area contributed by atoms with Crippen molar-refractivity contribution >= 4 is 27.6 Å². The summed E-state index contributed by atoms with van der Waals surface area (Å²) in [6, 6.07) is 5.68. The maximum atomic E-state index is 10.4. The van der Waals surface area contributed by atoms with E-state index in [1.807, 2.05) is 25.1 Å². The fraction of sp³-hybridized carbons (Fsp3) is 0.333. The fourth-order valence-corrected chi connectivity index (χ4v) is 2.81. The van der Waals surface area contributed by atoms with Crippen LogP contribution in [0.5, 0.6) is 0 Å². The minimum Gasteiger partial charge on any atom is -0.481 e. The highest BCUT2D eigenvalue weighted by atomic mass is 33.1. The third kappa shape index (κ3) is 4.53. The molecule has 0 saturated carbocycles. The molecule has 0 spiro atoms. The van der Waals surface area contributed by atoms with Gasteiger partial charge in [0.2, 0.25) is 0 Å². The molecule has 0 fully saturated rings. The molecule has 1 atom stereocenters. The molecule has 1 heterocycles. The fourth-order valence-electron chi connectivity index (χ4n) is 0.808. The van der Waals surface area contributed by atoms with Crippen molar-refractivity contribution in [2.75, 3.05) is 0 Å². The molecule has 1 rings (SSSR count). The molecule has 0 amide bonds. The van der Waals surface area contributed by atoms with E-state index < -0.39 is 5.97 Å². The highest BCUT2D eigenvalue weighted by Crippen LogP contribution is 2.33. The number of rotatable bonds is 5. The van der Waals surface area contributed by atoms with Gasteiger partial charge in [-0.3, -0.25) is 4.79 Å². The zero-order valence-electron chi connectivity index (χ0n) is 7.71. The third-order valence-corrected chi connectivity index (χ3v) is 4.19. The normalized spacial score (nSPS) is 12.4. The second-order valence-corrected chi connectivity index (χ2v) is 5.42. The Bertz CT molecular complexity index is 292. The molecule has 3 nitrogen and oxygen atoms in total. The number of carbonyl (C=O) groups is 1. The Hall–Kier alpha value is -0.680. The number of aromatic nitrogens is 1. The largest absolute Gasteiger partial charge is 0.481 e. The molecule has 1 N–H and O–H groups in total. The van der Waals surface area contributed by atoms with Crippen LogP contribution in [0.2, 0.25) is 0 Å². The van der Waals surface area contributed by atoms with Crippen LogP contribution in [0.15, 0.2) is 29.4 Å². The van der Waals surface area contributed by atoms with Gasteiger partial charge in [-0.2, -0.15) is 0 Å². The van der Waals surface area contributed by atoms with Gasteiger partial charge in [0.05, 0.1) is 6.42 Å². The van der Waals surface area contributed by atoms with Crippen LogP contribution >= 0.6 is 21.6 Å². The molecule has 0 aliphatic rings. The molecule has 1 aromatic heterocycles. The number of hydrogen-bond acceptors (Lipinski definition) is 4. The first-order chi connectivity index (χ1) is 6.68. The zero-order valence-corrected chi connectivity index (χ0v) is 9.35. The predicted octanol–water partition coefficient (Wildman–Crippen LogP) is 2.69. The van der Waals surface area contributed by atoms with Gasteiger partial charge in [-0.15, -0.1) is 0 Å². The zero-order chi connectivity index (χ0) is 10.4. The molecule has 0 aliphatic carbocycles. The van der Waals surface area contributed by atoms with Crippen molar-refractivity contribution in [3.63, 3.8) is 0 Å². The Morgan fingerprint density at radius 1 is 1.64 bits per heavy atom. The van der Waals surface area contributed by atoms with E-state index in [1.165, 1.54) is 21.6 Å². The van der Waals surface area contributed by atoms with Crippen LogP contribution in [-0.4, -0.2) is 21.3 Å². The van der Waals surface area contributed by atoms with Gasteiger partial charge in [-0.25, -0.2) is 4.98 Å². The van der Waals surface area contributed by atoms with Crippen molar-refractivity contribution in [3.05, 3.63) is 24.4 Å². The van der Waals surface area contributed by atoms with E-state index >= 15 is 0 Å². The van der Waals surface area contributed by atoms with Crippen molar-refractivity contribution in [2.45, 2.75) is 23.6 Å². The Balaban J connectivity index is 2.30. The lowest BCUT2D eigenvalue weighted by Gasteiger charge is -2.05. The van der Waals surface area contributed by atoms with Crippen molar-refractivity contribution in [1.29, 1.82) is 0 Å². The van der Waals surface area contributed by atoms with E-state index in [0.717, 1.165) is 5.03 Å². The number of hydrogen-bond donors (Lipinski definition) is 1. The van der Waals surface area contributed by atoms with Crippen LogP contribution in [0.1, 0.15) is 13.3 Å². The summed E-state index contributed by atoms with van der Waals surface area (Å²) in [5, 5.41) is 9.55. The quantitative estimate of drug-likeness (QED) is 0.787. The van der Waals surface area contributed by atoms with Crippen LogP contribution < -0.4 is 0 Å². The molecule has 0 aromatic carbocycles. The van der Waals surface area contributed by atoms with Crippen LogP contribution in [-0.2, 0) is 4.79 Å². The molecular formula is C9H11NO2S2. The van der Waals surface area contributed by atoms with E-state index in [0.29, 0.717) is 0 Å². The first kappa shape index (κ1) is 11.4. The summed E-state index contributed by atoms with van der Waals surface area (Å²) in [6.07, 6.45) is 1.91. The summed E-state index contributed by atoms with van der Waals surface area (Å²) in [5.74, 6) is -0.758. The summed E-state index contributed by atoms with van der Waals surface area (Å²) < 4.78 is 0. The lowest BCUT2D eigenvalue weighted by Crippen LogP contribution is -2.04. The number of pyridine rings is 1. The summed E-state index contributed by atoms with van der Waals surface area (Å²) in [7, 11) is 3.04. The van der Waals surface area contributed by atoms with Crippen molar-refractivity contribution in [1.82, 2.24) is 4.98 Å². The third-order valence-electron chi connectivity index (χ3n) is 1.40. The SMILES string of the molecule is C[C@H](CC(=O)O)SSc1ccccn1. The molecular weight excluding hydrogens is 218 g/mol. The van der Waals surface area contributed by atoms with E-state index in [1.54, 1.807) is 6.20 Å². The predicted molar refractivity (Wildman–Crippen MR) is 59.4 cm³/mol. The Labute approximate surface area is 90.7 Å². The number of nitrogens with zero attached hydrogens (tertiary/aromatic N) is 1.